The molecule has 0 atom stereocenters. The number of hydrogen-bond donors (Lipinski definition) is 2. The van der Waals surface area contributed by atoms with Crippen molar-refractivity contribution >= 4 is 12.2 Å². The molecule has 5 nitrogen and oxygen atoms in total. The Bertz CT molecular complexity index is 890. The van der Waals surface area contributed by atoms with Crippen molar-refractivity contribution in [2.24, 2.45) is 0 Å². The molecule has 24 heavy (non-hydrogen) atoms. The molecule has 2 aromatic carbocycles. The molecule has 0 saturated heterocycles. The summed E-state index contributed by atoms with van der Waals surface area (Å²) in [6.45, 7) is 2.61. The van der Waals surface area contributed by atoms with Crippen LogP contribution in [0.3, 0.4) is 0 Å². The first-order valence-corrected chi connectivity index (χ1v) is 7.87. The van der Waals surface area contributed by atoms with Crippen molar-refractivity contribution in [2.75, 3.05) is 5.43 Å². The predicted molar refractivity (Wildman–Crippen MR) is 92.4 cm³/mol. The summed E-state index contributed by atoms with van der Waals surface area (Å²) in [4.78, 5) is 0. The molecule has 124 valence electrons. The van der Waals surface area contributed by atoms with Crippen LogP contribution in [0.15, 0.2) is 48.5 Å². The van der Waals surface area contributed by atoms with E-state index >= 15 is 0 Å². The van der Waals surface area contributed by atoms with Crippen LogP contribution in [0.5, 0.6) is 5.75 Å². The minimum Gasteiger partial charge on any atom is -0.489 e. The van der Waals surface area contributed by atoms with Gasteiger partial charge in [-0.1, -0.05) is 30.3 Å². The zero-order valence-electron chi connectivity index (χ0n) is 13.1. The Morgan fingerprint density at radius 3 is 2.83 bits per heavy atom. The van der Waals surface area contributed by atoms with Crippen LogP contribution in [0.25, 0.3) is 0 Å². The average molecular weight is 344 g/mol. The van der Waals surface area contributed by atoms with E-state index in [9.17, 15) is 4.39 Å². The highest BCUT2D eigenvalue weighted by molar-refractivity contribution is 7.71. The number of hydrogen-bond acceptors (Lipinski definition) is 4. The third kappa shape index (κ3) is 3.80. The standard InChI is InChI=1S/C17H17FN4OS/c1-12-20-21-17(24)22(12)19-10-13-5-4-7-15(9-13)23-11-14-6-2-3-8-16(14)18/h2-9,19H,10-11H2,1H3,(H,21,24). The number of nitrogens with zero attached hydrogens (tertiary/aromatic N) is 2. The van der Waals surface area contributed by atoms with Gasteiger partial charge in [0.05, 0.1) is 6.54 Å². The van der Waals surface area contributed by atoms with Gasteiger partial charge in [0.2, 0.25) is 4.77 Å². The Kier molecular flexibility index (Phi) is 4.90. The zero-order chi connectivity index (χ0) is 16.9. The number of aryl methyl sites for hydroxylation is 1. The SMILES string of the molecule is Cc1n[nH]c(=S)n1NCc1cccc(OCc2ccccc2F)c1. The third-order valence-electron chi connectivity index (χ3n) is 3.53. The van der Waals surface area contributed by atoms with Crippen molar-refractivity contribution in [3.05, 3.63) is 76.1 Å². The van der Waals surface area contributed by atoms with Gasteiger partial charge in [-0.2, -0.15) is 5.10 Å². The van der Waals surface area contributed by atoms with Crippen LogP contribution in [-0.2, 0) is 13.2 Å². The summed E-state index contributed by atoms with van der Waals surface area (Å²) in [5.74, 6) is 1.18. The lowest BCUT2D eigenvalue weighted by molar-refractivity contribution is 0.299. The Hall–Kier alpha value is -2.67. The Morgan fingerprint density at radius 2 is 2.08 bits per heavy atom. The van der Waals surface area contributed by atoms with Crippen molar-refractivity contribution in [2.45, 2.75) is 20.1 Å². The van der Waals surface area contributed by atoms with Crippen LogP contribution in [0.1, 0.15) is 17.0 Å². The molecule has 1 heterocycles. The fourth-order valence-corrected chi connectivity index (χ4v) is 2.50. The van der Waals surface area contributed by atoms with Gasteiger partial charge in [-0.3, -0.25) is 5.10 Å². The number of benzene rings is 2. The van der Waals surface area contributed by atoms with Crippen molar-refractivity contribution < 1.29 is 9.13 Å². The molecule has 2 N–H and O–H groups in total. The second-order valence-corrected chi connectivity index (χ2v) is 5.66. The highest BCUT2D eigenvalue weighted by atomic mass is 32.1. The summed E-state index contributed by atoms with van der Waals surface area (Å²) in [5, 5.41) is 6.76. The van der Waals surface area contributed by atoms with Crippen LogP contribution in [0, 0.1) is 17.5 Å². The fraction of sp³-hybridized carbons (Fsp3) is 0.176. The van der Waals surface area contributed by atoms with E-state index in [2.05, 4.69) is 15.6 Å². The molecule has 0 saturated carbocycles. The van der Waals surface area contributed by atoms with E-state index in [-0.39, 0.29) is 12.4 Å². The first-order chi connectivity index (χ1) is 11.6. The second kappa shape index (κ2) is 7.27. The minimum atomic E-state index is -0.264. The van der Waals surface area contributed by atoms with Gasteiger partial charge in [-0.25, -0.2) is 9.07 Å². The first kappa shape index (κ1) is 16.2. The lowest BCUT2D eigenvalue weighted by atomic mass is 10.2. The van der Waals surface area contributed by atoms with Crippen LogP contribution in [-0.4, -0.2) is 14.9 Å². The molecule has 7 heteroatoms. The molecule has 3 aromatic rings. The summed E-state index contributed by atoms with van der Waals surface area (Å²) in [6, 6.07) is 14.2. The van der Waals surface area contributed by atoms with Crippen LogP contribution in [0.2, 0.25) is 0 Å². The molecule has 0 aliphatic carbocycles. The predicted octanol–water partition coefficient (Wildman–Crippen LogP) is 3.71. The summed E-state index contributed by atoms with van der Waals surface area (Å²) >= 11 is 5.14. The number of ether oxygens (including phenoxy) is 1. The zero-order valence-corrected chi connectivity index (χ0v) is 13.9. The fourth-order valence-electron chi connectivity index (χ4n) is 2.25. The Labute approximate surface area is 144 Å². The van der Waals surface area contributed by atoms with E-state index in [1.165, 1.54) is 6.07 Å². The maximum Gasteiger partial charge on any atom is 0.214 e. The van der Waals surface area contributed by atoms with Crippen LogP contribution in [0.4, 0.5) is 4.39 Å². The molecule has 0 fully saturated rings. The van der Waals surface area contributed by atoms with Crippen LogP contribution >= 0.6 is 12.2 Å². The van der Waals surface area contributed by atoms with Gasteiger partial charge in [0.25, 0.3) is 0 Å². The molecule has 0 aliphatic heterocycles. The number of nitrogens with one attached hydrogen (secondary N) is 2. The number of halogens is 1. The second-order valence-electron chi connectivity index (χ2n) is 5.27. The molecular formula is C17H17FN4OS. The Balaban J connectivity index is 1.64. The monoisotopic (exact) mass is 344 g/mol. The summed E-state index contributed by atoms with van der Waals surface area (Å²) in [7, 11) is 0. The lowest BCUT2D eigenvalue weighted by Crippen LogP contribution is -2.16. The summed E-state index contributed by atoms with van der Waals surface area (Å²) < 4.78 is 21.5. The normalized spacial score (nSPS) is 10.6. The smallest absolute Gasteiger partial charge is 0.214 e. The maximum absolute atomic E-state index is 13.6. The number of H-pyrrole nitrogens is 1. The number of aromatic amines is 1. The molecule has 0 unspecified atom stereocenters. The van der Waals surface area contributed by atoms with E-state index < -0.39 is 0 Å². The average Bonchev–Trinajstić information content (AvgIpc) is 2.91. The molecule has 0 bridgehead atoms. The van der Waals surface area contributed by atoms with Gasteiger partial charge in [0, 0.05) is 5.56 Å². The van der Waals surface area contributed by atoms with Gasteiger partial charge >= 0.3 is 0 Å². The topological polar surface area (TPSA) is 54.9 Å². The third-order valence-corrected chi connectivity index (χ3v) is 3.81. The molecular weight excluding hydrogens is 327 g/mol. The first-order valence-electron chi connectivity index (χ1n) is 7.46. The molecule has 0 spiro atoms. The van der Waals surface area contributed by atoms with E-state index in [0.29, 0.717) is 22.6 Å². The molecule has 0 amide bonds. The minimum absolute atomic E-state index is 0.190. The molecule has 0 aliphatic rings. The van der Waals surface area contributed by atoms with Crippen molar-refractivity contribution in [3.8, 4) is 5.75 Å². The lowest BCUT2D eigenvalue weighted by Gasteiger charge is -2.11. The molecule has 0 radical (unpaired) electrons. The highest BCUT2D eigenvalue weighted by Crippen LogP contribution is 2.16. The van der Waals surface area contributed by atoms with E-state index in [1.54, 1.807) is 22.9 Å². The van der Waals surface area contributed by atoms with Gasteiger partial charge in [0.1, 0.15) is 24.0 Å². The maximum atomic E-state index is 13.6. The van der Waals surface area contributed by atoms with Crippen molar-refractivity contribution in [1.82, 2.24) is 14.9 Å². The number of aromatic nitrogens is 3. The van der Waals surface area contributed by atoms with Crippen molar-refractivity contribution in [3.63, 3.8) is 0 Å². The highest BCUT2D eigenvalue weighted by Gasteiger charge is 2.04. The number of rotatable bonds is 6. The van der Waals surface area contributed by atoms with Crippen LogP contribution < -0.4 is 10.2 Å². The summed E-state index contributed by atoms with van der Waals surface area (Å²) in [6.07, 6.45) is 0. The quantitative estimate of drug-likeness (QED) is 0.669. The van der Waals surface area contributed by atoms with Gasteiger partial charge in [-0.05, 0) is 42.9 Å². The van der Waals surface area contributed by atoms with Gasteiger partial charge < -0.3 is 10.2 Å². The largest absolute Gasteiger partial charge is 0.489 e. The molecule has 3 rings (SSSR count). The Morgan fingerprint density at radius 1 is 1.25 bits per heavy atom. The molecule has 1 aromatic heterocycles. The van der Waals surface area contributed by atoms with Gasteiger partial charge in [0.15, 0.2) is 0 Å². The van der Waals surface area contributed by atoms with E-state index in [0.717, 1.165) is 11.4 Å². The van der Waals surface area contributed by atoms with Gasteiger partial charge in [-0.15, -0.1) is 0 Å². The summed E-state index contributed by atoms with van der Waals surface area (Å²) in [5.41, 5.74) is 4.74. The van der Waals surface area contributed by atoms with E-state index in [4.69, 9.17) is 17.0 Å². The van der Waals surface area contributed by atoms with E-state index in [1.807, 2.05) is 31.2 Å². The van der Waals surface area contributed by atoms with Crippen molar-refractivity contribution in [1.29, 1.82) is 0 Å².